The van der Waals surface area contributed by atoms with Crippen molar-refractivity contribution in [2.75, 3.05) is 14.2 Å². The minimum absolute atomic E-state index is 0.354. The van der Waals surface area contributed by atoms with Crippen LogP contribution in [0.15, 0.2) is 47.1 Å². The molecule has 0 radical (unpaired) electrons. The SMILES string of the molecule is COC(=O)c1c(CN(C)Cc2ccco2)nc2ccccc2c1C. The smallest absolute Gasteiger partial charge is 0.340 e. The number of carbonyl (C=O) groups is 1. The summed E-state index contributed by atoms with van der Waals surface area (Å²) in [6.07, 6.45) is 1.65. The number of fused-ring (bicyclic) bond motifs is 1. The van der Waals surface area contributed by atoms with Crippen LogP contribution in [0.25, 0.3) is 10.9 Å². The van der Waals surface area contributed by atoms with Crippen molar-refractivity contribution >= 4 is 16.9 Å². The van der Waals surface area contributed by atoms with Crippen LogP contribution in [0.1, 0.15) is 27.4 Å². The Balaban J connectivity index is 2.00. The fourth-order valence-electron chi connectivity index (χ4n) is 2.91. The first kappa shape index (κ1) is 16.2. The second kappa shape index (κ2) is 6.84. The van der Waals surface area contributed by atoms with Gasteiger partial charge in [-0.15, -0.1) is 0 Å². The maximum Gasteiger partial charge on any atom is 0.340 e. The van der Waals surface area contributed by atoms with E-state index in [0.717, 1.165) is 22.2 Å². The number of carbonyl (C=O) groups excluding carboxylic acids is 1. The monoisotopic (exact) mass is 324 g/mol. The van der Waals surface area contributed by atoms with Crippen molar-refractivity contribution in [3.63, 3.8) is 0 Å². The van der Waals surface area contributed by atoms with Gasteiger partial charge in [0, 0.05) is 11.9 Å². The molecule has 124 valence electrons. The van der Waals surface area contributed by atoms with Gasteiger partial charge < -0.3 is 9.15 Å². The molecule has 0 N–H and O–H groups in total. The summed E-state index contributed by atoms with van der Waals surface area (Å²) in [6.45, 7) is 3.10. The zero-order chi connectivity index (χ0) is 17.1. The Morgan fingerprint density at radius 3 is 2.71 bits per heavy atom. The van der Waals surface area contributed by atoms with Crippen LogP contribution in [0.4, 0.5) is 0 Å². The number of furan rings is 1. The van der Waals surface area contributed by atoms with Crippen LogP contribution in [0.3, 0.4) is 0 Å². The first-order valence-electron chi connectivity index (χ1n) is 7.77. The van der Waals surface area contributed by atoms with Gasteiger partial charge in [0.05, 0.1) is 36.7 Å². The number of hydrogen-bond acceptors (Lipinski definition) is 5. The molecule has 0 amide bonds. The molecule has 24 heavy (non-hydrogen) atoms. The highest BCUT2D eigenvalue weighted by Crippen LogP contribution is 2.24. The molecule has 0 aliphatic rings. The first-order valence-corrected chi connectivity index (χ1v) is 7.77. The van der Waals surface area contributed by atoms with Gasteiger partial charge in [-0.3, -0.25) is 9.88 Å². The number of esters is 1. The normalized spacial score (nSPS) is 11.2. The van der Waals surface area contributed by atoms with Crippen LogP contribution in [0, 0.1) is 6.92 Å². The lowest BCUT2D eigenvalue weighted by atomic mass is 10.0. The molecule has 3 aromatic rings. The minimum Gasteiger partial charge on any atom is -0.468 e. The maximum atomic E-state index is 12.3. The number of aryl methyl sites for hydroxylation is 1. The molecule has 2 aromatic heterocycles. The lowest BCUT2D eigenvalue weighted by Crippen LogP contribution is -2.21. The van der Waals surface area contributed by atoms with Crippen LogP contribution in [0.2, 0.25) is 0 Å². The number of benzene rings is 1. The summed E-state index contributed by atoms with van der Waals surface area (Å²) in [5.41, 5.74) is 3.03. The number of methoxy groups -OCH3 is 1. The standard InChI is InChI=1S/C19H20N2O3/c1-13-15-8-4-5-9-16(15)20-17(18(13)19(22)23-3)12-21(2)11-14-7-6-10-24-14/h4-10H,11-12H2,1-3H3. The van der Waals surface area contributed by atoms with E-state index in [1.54, 1.807) is 6.26 Å². The van der Waals surface area contributed by atoms with Crippen LogP contribution in [-0.2, 0) is 17.8 Å². The minimum atomic E-state index is -0.354. The molecule has 3 rings (SSSR count). The summed E-state index contributed by atoms with van der Waals surface area (Å²) >= 11 is 0. The van der Waals surface area contributed by atoms with E-state index >= 15 is 0 Å². The quantitative estimate of drug-likeness (QED) is 0.672. The molecular weight excluding hydrogens is 304 g/mol. The molecule has 0 aliphatic heterocycles. The van der Waals surface area contributed by atoms with E-state index in [0.29, 0.717) is 24.3 Å². The van der Waals surface area contributed by atoms with E-state index in [1.807, 2.05) is 50.4 Å². The van der Waals surface area contributed by atoms with Crippen LogP contribution < -0.4 is 0 Å². The Bertz CT molecular complexity index is 856. The highest BCUT2D eigenvalue weighted by atomic mass is 16.5. The second-order valence-corrected chi connectivity index (χ2v) is 5.82. The van der Waals surface area contributed by atoms with E-state index in [4.69, 9.17) is 14.1 Å². The first-order chi connectivity index (χ1) is 11.6. The van der Waals surface area contributed by atoms with Crippen molar-refractivity contribution in [1.82, 2.24) is 9.88 Å². The molecule has 5 nitrogen and oxygen atoms in total. The van der Waals surface area contributed by atoms with E-state index in [1.165, 1.54) is 7.11 Å². The third kappa shape index (κ3) is 3.16. The van der Waals surface area contributed by atoms with Gasteiger partial charge in [0.2, 0.25) is 0 Å². The van der Waals surface area contributed by atoms with Crippen LogP contribution in [0.5, 0.6) is 0 Å². The molecule has 0 spiro atoms. The van der Waals surface area contributed by atoms with Crippen molar-refractivity contribution in [3.05, 3.63) is 65.2 Å². The van der Waals surface area contributed by atoms with Crippen molar-refractivity contribution in [2.45, 2.75) is 20.0 Å². The van der Waals surface area contributed by atoms with Gasteiger partial charge in [-0.25, -0.2) is 4.79 Å². The van der Waals surface area contributed by atoms with Crippen molar-refractivity contribution in [2.24, 2.45) is 0 Å². The fourth-order valence-corrected chi connectivity index (χ4v) is 2.91. The summed E-state index contributed by atoms with van der Waals surface area (Å²) in [5, 5.41) is 0.968. The van der Waals surface area contributed by atoms with Gasteiger partial charge in [0.25, 0.3) is 0 Å². The van der Waals surface area contributed by atoms with Gasteiger partial charge in [-0.05, 0) is 37.7 Å². The summed E-state index contributed by atoms with van der Waals surface area (Å²) < 4.78 is 10.4. The van der Waals surface area contributed by atoms with Gasteiger partial charge in [0.1, 0.15) is 5.76 Å². The molecule has 0 saturated carbocycles. The number of pyridine rings is 1. The average Bonchev–Trinajstić information content (AvgIpc) is 3.07. The molecule has 2 heterocycles. The van der Waals surface area contributed by atoms with E-state index in [2.05, 4.69) is 4.90 Å². The predicted octanol–water partition coefficient (Wildman–Crippen LogP) is 3.55. The van der Waals surface area contributed by atoms with Gasteiger partial charge in [-0.1, -0.05) is 18.2 Å². The third-order valence-corrected chi connectivity index (χ3v) is 4.04. The number of nitrogens with zero attached hydrogens (tertiary/aromatic N) is 2. The van der Waals surface area contributed by atoms with E-state index in [9.17, 15) is 4.79 Å². The Hall–Kier alpha value is -2.66. The zero-order valence-corrected chi connectivity index (χ0v) is 14.1. The number of aromatic nitrogens is 1. The molecule has 0 bridgehead atoms. The molecule has 0 unspecified atom stereocenters. The summed E-state index contributed by atoms with van der Waals surface area (Å²) in [4.78, 5) is 19.1. The number of rotatable bonds is 5. The zero-order valence-electron chi connectivity index (χ0n) is 14.1. The largest absolute Gasteiger partial charge is 0.468 e. The fraction of sp³-hybridized carbons (Fsp3) is 0.263. The van der Waals surface area contributed by atoms with Crippen molar-refractivity contribution in [3.8, 4) is 0 Å². The topological polar surface area (TPSA) is 55.6 Å². The lowest BCUT2D eigenvalue weighted by molar-refractivity contribution is 0.0597. The molecule has 1 aromatic carbocycles. The summed E-state index contributed by atoms with van der Waals surface area (Å²) in [6, 6.07) is 11.6. The highest BCUT2D eigenvalue weighted by Gasteiger charge is 2.20. The van der Waals surface area contributed by atoms with Crippen molar-refractivity contribution in [1.29, 1.82) is 0 Å². The summed E-state index contributed by atoms with van der Waals surface area (Å²) in [5.74, 6) is 0.516. The van der Waals surface area contributed by atoms with E-state index < -0.39 is 0 Å². The second-order valence-electron chi connectivity index (χ2n) is 5.82. The maximum absolute atomic E-state index is 12.3. The molecule has 0 saturated heterocycles. The molecular formula is C19H20N2O3. The Kier molecular flexibility index (Phi) is 4.62. The Morgan fingerprint density at radius 1 is 1.21 bits per heavy atom. The number of ether oxygens (including phenoxy) is 1. The van der Waals surface area contributed by atoms with Crippen molar-refractivity contribution < 1.29 is 13.9 Å². The summed E-state index contributed by atoms with van der Waals surface area (Å²) in [7, 11) is 3.36. The van der Waals surface area contributed by atoms with Gasteiger partial charge in [0.15, 0.2) is 0 Å². The number of hydrogen-bond donors (Lipinski definition) is 0. The van der Waals surface area contributed by atoms with Crippen LogP contribution in [-0.4, -0.2) is 30.0 Å². The highest BCUT2D eigenvalue weighted by molar-refractivity contribution is 5.98. The third-order valence-electron chi connectivity index (χ3n) is 4.04. The predicted molar refractivity (Wildman–Crippen MR) is 91.7 cm³/mol. The average molecular weight is 324 g/mol. The number of para-hydroxylation sites is 1. The molecule has 0 atom stereocenters. The molecule has 0 fully saturated rings. The molecule has 0 aliphatic carbocycles. The Labute approximate surface area is 140 Å². The Morgan fingerprint density at radius 2 is 2.00 bits per heavy atom. The van der Waals surface area contributed by atoms with E-state index in [-0.39, 0.29) is 5.97 Å². The lowest BCUT2D eigenvalue weighted by Gasteiger charge is -2.18. The van der Waals surface area contributed by atoms with Gasteiger partial charge in [-0.2, -0.15) is 0 Å². The van der Waals surface area contributed by atoms with Crippen LogP contribution >= 0.6 is 0 Å². The van der Waals surface area contributed by atoms with Gasteiger partial charge >= 0.3 is 5.97 Å². The molecule has 5 heteroatoms.